The second-order valence-corrected chi connectivity index (χ2v) is 8.42. The van der Waals surface area contributed by atoms with Crippen molar-refractivity contribution in [3.63, 3.8) is 0 Å². The van der Waals surface area contributed by atoms with E-state index in [1.165, 1.54) is 11.8 Å². The molecule has 0 spiro atoms. The molecule has 4 rings (SSSR count). The lowest BCUT2D eigenvalue weighted by Gasteiger charge is -2.11. The molecule has 1 aromatic carbocycles. The maximum atomic E-state index is 5.57. The van der Waals surface area contributed by atoms with Crippen LogP contribution in [0.3, 0.4) is 0 Å². The van der Waals surface area contributed by atoms with E-state index in [0.29, 0.717) is 12.4 Å². The second kappa shape index (κ2) is 9.82. The minimum atomic E-state index is -0.0638. The summed E-state index contributed by atoms with van der Waals surface area (Å²) < 4.78 is 18.4. The number of nitrogens with zero attached hydrogens (tertiary/aromatic N) is 5. The van der Waals surface area contributed by atoms with E-state index in [0.717, 1.165) is 53.1 Å². The van der Waals surface area contributed by atoms with Crippen molar-refractivity contribution in [2.24, 2.45) is 0 Å². The second-order valence-electron chi connectivity index (χ2n) is 7.11. The summed E-state index contributed by atoms with van der Waals surface area (Å²) >= 11 is 1.53. The number of aryl methyl sites for hydroxylation is 1. The minimum absolute atomic E-state index is 0.0638. The SMILES string of the molecule is CCCCc1noc(C(C)Sc2nnc(-c3ccc(OC)cc3)n2Cc2ccco2)n1. The fraction of sp³-hybridized carbons (Fsp3) is 0.364. The summed E-state index contributed by atoms with van der Waals surface area (Å²) in [6.45, 7) is 4.69. The quantitative estimate of drug-likeness (QED) is 0.312. The Morgan fingerprint density at radius 1 is 1.16 bits per heavy atom. The zero-order valence-electron chi connectivity index (χ0n) is 17.8. The van der Waals surface area contributed by atoms with Crippen molar-refractivity contribution in [1.82, 2.24) is 24.9 Å². The third-order valence-corrected chi connectivity index (χ3v) is 5.89. The summed E-state index contributed by atoms with van der Waals surface area (Å²) in [5.41, 5.74) is 0.944. The van der Waals surface area contributed by atoms with Gasteiger partial charge < -0.3 is 13.7 Å². The van der Waals surface area contributed by atoms with Gasteiger partial charge in [0.05, 0.1) is 25.2 Å². The lowest BCUT2D eigenvalue weighted by atomic mass is 10.2. The largest absolute Gasteiger partial charge is 0.497 e. The molecule has 0 radical (unpaired) electrons. The van der Waals surface area contributed by atoms with Gasteiger partial charge >= 0.3 is 0 Å². The van der Waals surface area contributed by atoms with E-state index in [-0.39, 0.29) is 5.25 Å². The highest BCUT2D eigenvalue weighted by Gasteiger charge is 2.22. The van der Waals surface area contributed by atoms with Gasteiger partial charge in [0.15, 0.2) is 16.8 Å². The topological polar surface area (TPSA) is 92.0 Å². The molecule has 1 unspecified atom stereocenters. The van der Waals surface area contributed by atoms with Gasteiger partial charge in [-0.25, -0.2) is 0 Å². The molecule has 0 N–H and O–H groups in total. The number of thioether (sulfide) groups is 1. The molecule has 0 amide bonds. The Morgan fingerprint density at radius 2 is 2.00 bits per heavy atom. The molecule has 4 aromatic rings. The summed E-state index contributed by atoms with van der Waals surface area (Å²) in [6.07, 6.45) is 4.63. The van der Waals surface area contributed by atoms with Crippen LogP contribution >= 0.6 is 11.8 Å². The van der Waals surface area contributed by atoms with Gasteiger partial charge in [-0.1, -0.05) is 30.3 Å². The van der Waals surface area contributed by atoms with Crippen LogP contribution < -0.4 is 4.74 Å². The fourth-order valence-electron chi connectivity index (χ4n) is 3.11. The van der Waals surface area contributed by atoms with Gasteiger partial charge in [-0.05, 0) is 49.7 Å². The highest BCUT2D eigenvalue weighted by atomic mass is 32.2. The number of furan rings is 1. The van der Waals surface area contributed by atoms with E-state index < -0.39 is 0 Å². The van der Waals surface area contributed by atoms with Crippen LogP contribution in [0.15, 0.2) is 56.8 Å². The van der Waals surface area contributed by atoms with Gasteiger partial charge in [0.25, 0.3) is 0 Å². The molecule has 3 heterocycles. The molecule has 8 nitrogen and oxygen atoms in total. The first-order chi connectivity index (χ1) is 15.2. The number of unbranched alkanes of at least 4 members (excludes halogenated alkanes) is 1. The highest BCUT2D eigenvalue weighted by molar-refractivity contribution is 7.99. The predicted molar refractivity (Wildman–Crippen MR) is 117 cm³/mol. The third kappa shape index (κ3) is 4.99. The van der Waals surface area contributed by atoms with Crippen molar-refractivity contribution in [3.05, 3.63) is 60.1 Å². The molecule has 0 saturated carbocycles. The number of benzene rings is 1. The minimum Gasteiger partial charge on any atom is -0.497 e. The van der Waals surface area contributed by atoms with E-state index in [4.69, 9.17) is 13.7 Å². The van der Waals surface area contributed by atoms with Crippen LogP contribution in [0.2, 0.25) is 0 Å². The molecule has 0 bridgehead atoms. The van der Waals surface area contributed by atoms with Gasteiger partial charge in [-0.3, -0.25) is 4.57 Å². The molecule has 162 valence electrons. The maximum Gasteiger partial charge on any atom is 0.239 e. The maximum absolute atomic E-state index is 5.57. The van der Waals surface area contributed by atoms with Crippen LogP contribution in [-0.2, 0) is 13.0 Å². The number of ether oxygens (including phenoxy) is 1. The van der Waals surface area contributed by atoms with Crippen LogP contribution in [0.25, 0.3) is 11.4 Å². The van der Waals surface area contributed by atoms with Crippen LogP contribution in [0.1, 0.15) is 49.4 Å². The molecule has 0 aliphatic rings. The lowest BCUT2D eigenvalue weighted by Crippen LogP contribution is -2.04. The van der Waals surface area contributed by atoms with Crippen LogP contribution in [0, 0.1) is 0 Å². The number of rotatable bonds is 10. The molecule has 0 aliphatic carbocycles. The molecule has 1 atom stereocenters. The Kier molecular flexibility index (Phi) is 6.71. The van der Waals surface area contributed by atoms with Crippen molar-refractivity contribution >= 4 is 11.8 Å². The molecule has 9 heteroatoms. The Labute approximate surface area is 185 Å². The Morgan fingerprint density at radius 3 is 2.71 bits per heavy atom. The van der Waals surface area contributed by atoms with Crippen molar-refractivity contribution in [3.8, 4) is 17.1 Å². The first-order valence-electron chi connectivity index (χ1n) is 10.3. The summed E-state index contributed by atoms with van der Waals surface area (Å²) in [5, 5.41) is 13.7. The first-order valence-corrected chi connectivity index (χ1v) is 11.1. The van der Waals surface area contributed by atoms with E-state index in [1.807, 2.05) is 47.9 Å². The zero-order valence-corrected chi connectivity index (χ0v) is 18.6. The molecule has 0 saturated heterocycles. The zero-order chi connectivity index (χ0) is 21.6. The van der Waals surface area contributed by atoms with Crippen molar-refractivity contribution in [2.75, 3.05) is 7.11 Å². The van der Waals surface area contributed by atoms with E-state index in [1.54, 1.807) is 13.4 Å². The van der Waals surface area contributed by atoms with E-state index in [2.05, 4.69) is 27.3 Å². The monoisotopic (exact) mass is 439 g/mol. The third-order valence-electron chi connectivity index (χ3n) is 4.83. The van der Waals surface area contributed by atoms with Crippen LogP contribution in [0.4, 0.5) is 0 Å². The molecular formula is C22H25N5O3S. The van der Waals surface area contributed by atoms with Gasteiger partial charge in [0, 0.05) is 12.0 Å². The average molecular weight is 440 g/mol. The van der Waals surface area contributed by atoms with Crippen molar-refractivity contribution in [2.45, 2.75) is 50.1 Å². The molecule has 3 aromatic heterocycles. The highest BCUT2D eigenvalue weighted by Crippen LogP contribution is 2.35. The summed E-state index contributed by atoms with van der Waals surface area (Å²) in [6, 6.07) is 11.6. The first kappa shape index (κ1) is 21.2. The molecule has 0 aliphatic heterocycles. The number of methoxy groups -OCH3 is 1. The predicted octanol–water partition coefficient (Wildman–Crippen LogP) is 5.17. The Hall–Kier alpha value is -3.07. The molecule has 0 fully saturated rings. The Balaban J connectivity index is 1.60. The van der Waals surface area contributed by atoms with Gasteiger partial charge in [-0.2, -0.15) is 4.98 Å². The van der Waals surface area contributed by atoms with Crippen LogP contribution in [-0.4, -0.2) is 32.0 Å². The smallest absolute Gasteiger partial charge is 0.239 e. The van der Waals surface area contributed by atoms with Crippen molar-refractivity contribution in [1.29, 1.82) is 0 Å². The van der Waals surface area contributed by atoms with E-state index in [9.17, 15) is 0 Å². The standard InChI is InChI=1S/C22H25N5O3S/c1-4-5-8-19-23-21(30-26-19)15(2)31-22-25-24-20(16-9-11-17(28-3)12-10-16)27(22)14-18-7-6-13-29-18/h6-7,9-13,15H,4-5,8,14H2,1-3H3. The Bertz CT molecular complexity index is 1090. The molecular weight excluding hydrogens is 414 g/mol. The number of aromatic nitrogens is 5. The van der Waals surface area contributed by atoms with E-state index >= 15 is 0 Å². The summed E-state index contributed by atoms with van der Waals surface area (Å²) in [7, 11) is 1.65. The average Bonchev–Trinajstić information content (AvgIpc) is 3.55. The fourth-order valence-corrected chi connectivity index (χ4v) is 3.99. The summed E-state index contributed by atoms with van der Waals surface area (Å²) in [4.78, 5) is 4.54. The van der Waals surface area contributed by atoms with Crippen molar-refractivity contribution < 1.29 is 13.7 Å². The van der Waals surface area contributed by atoms with Crippen LogP contribution in [0.5, 0.6) is 5.75 Å². The number of hydrogen-bond donors (Lipinski definition) is 0. The summed E-state index contributed by atoms with van der Waals surface area (Å²) in [5.74, 6) is 3.71. The molecule has 31 heavy (non-hydrogen) atoms. The van der Waals surface area contributed by atoms with Gasteiger partial charge in [-0.15, -0.1) is 10.2 Å². The normalized spacial score (nSPS) is 12.2. The van der Waals surface area contributed by atoms with Gasteiger partial charge in [0.1, 0.15) is 11.5 Å². The lowest BCUT2D eigenvalue weighted by molar-refractivity contribution is 0.374. The number of hydrogen-bond acceptors (Lipinski definition) is 8. The van der Waals surface area contributed by atoms with Gasteiger partial charge in [0.2, 0.25) is 5.89 Å².